The molecule has 1 saturated carbocycles. The van der Waals surface area contributed by atoms with Gasteiger partial charge in [0.15, 0.2) is 6.04 Å². The number of carboxylic acid groups (broad SMARTS) is 1. The van der Waals surface area contributed by atoms with Gasteiger partial charge in [0.25, 0.3) is 0 Å². The van der Waals surface area contributed by atoms with Crippen LogP contribution in [0.3, 0.4) is 0 Å². The van der Waals surface area contributed by atoms with Gasteiger partial charge in [-0.25, -0.2) is 9.59 Å². The summed E-state index contributed by atoms with van der Waals surface area (Å²) in [7, 11) is 0. The van der Waals surface area contributed by atoms with E-state index in [0.29, 0.717) is 13.0 Å². The number of carbonyl (C=O) groups is 2. The number of amides is 2. The summed E-state index contributed by atoms with van der Waals surface area (Å²) < 4.78 is 0. The van der Waals surface area contributed by atoms with Crippen LogP contribution in [0, 0.1) is 0 Å². The Hall–Kier alpha value is -1.60. The van der Waals surface area contributed by atoms with Gasteiger partial charge in [-0.15, -0.1) is 11.3 Å². The molecule has 21 heavy (non-hydrogen) atoms. The number of hydrogen-bond acceptors (Lipinski definition) is 4. The third-order valence-corrected chi connectivity index (χ3v) is 5.02. The zero-order valence-electron chi connectivity index (χ0n) is 11.6. The number of nitrogens with zero attached hydrogens (tertiary/aromatic N) is 2. The quantitative estimate of drug-likeness (QED) is 0.878. The van der Waals surface area contributed by atoms with Crippen LogP contribution in [0.15, 0.2) is 11.4 Å². The van der Waals surface area contributed by atoms with Gasteiger partial charge < -0.3 is 20.0 Å². The minimum atomic E-state index is -0.998. The highest BCUT2D eigenvalue weighted by atomic mass is 32.1. The number of aliphatic hydroxyl groups is 1. The number of carbonyl (C=O) groups excluding carboxylic acids is 1. The third-order valence-electron chi connectivity index (χ3n) is 4.02. The van der Waals surface area contributed by atoms with E-state index in [-0.39, 0.29) is 25.2 Å². The zero-order valence-corrected chi connectivity index (χ0v) is 12.4. The van der Waals surface area contributed by atoms with Crippen LogP contribution in [0.25, 0.3) is 0 Å². The molecule has 0 aromatic carbocycles. The topological polar surface area (TPSA) is 81.1 Å². The number of thiophene rings is 1. The predicted octanol–water partition coefficient (Wildman–Crippen LogP) is 1.31. The predicted molar refractivity (Wildman–Crippen MR) is 77.3 cm³/mol. The number of aliphatic hydroxyl groups excluding tert-OH is 1. The molecule has 1 aliphatic carbocycles. The van der Waals surface area contributed by atoms with Crippen LogP contribution in [0.1, 0.15) is 29.3 Å². The maximum Gasteiger partial charge on any atom is 0.331 e. The van der Waals surface area contributed by atoms with E-state index in [9.17, 15) is 14.7 Å². The third kappa shape index (κ3) is 2.63. The number of fused-ring (bicyclic) bond motifs is 1. The standard InChI is InChI=1S/C14H18N2O4S/c17-7-6-15(9-1-2-9)14(20)16-5-3-11-10(4-8-21-11)12(16)13(18)19/h4,8-9,12,17H,1-3,5-7H2,(H,18,19). The summed E-state index contributed by atoms with van der Waals surface area (Å²) in [6.45, 7) is 0.582. The van der Waals surface area contributed by atoms with Gasteiger partial charge in [-0.3, -0.25) is 0 Å². The Bertz CT molecular complexity index is 555. The van der Waals surface area contributed by atoms with E-state index in [0.717, 1.165) is 23.3 Å². The number of hydrogen-bond donors (Lipinski definition) is 2. The van der Waals surface area contributed by atoms with Gasteiger partial charge in [0.1, 0.15) is 0 Å². The van der Waals surface area contributed by atoms with E-state index in [1.165, 1.54) is 4.90 Å². The van der Waals surface area contributed by atoms with Crippen molar-refractivity contribution in [3.63, 3.8) is 0 Å². The Morgan fingerprint density at radius 2 is 2.19 bits per heavy atom. The molecule has 2 heterocycles. The first kappa shape index (κ1) is 14.3. The Morgan fingerprint density at radius 1 is 1.43 bits per heavy atom. The summed E-state index contributed by atoms with van der Waals surface area (Å²) >= 11 is 1.54. The van der Waals surface area contributed by atoms with Gasteiger partial charge in [0, 0.05) is 24.0 Å². The van der Waals surface area contributed by atoms with Crippen molar-refractivity contribution in [2.24, 2.45) is 0 Å². The van der Waals surface area contributed by atoms with Crippen LogP contribution in [0.4, 0.5) is 4.79 Å². The van der Waals surface area contributed by atoms with E-state index in [4.69, 9.17) is 5.11 Å². The SMILES string of the molecule is O=C(O)C1c2ccsc2CCN1C(=O)N(CCO)C1CC1. The molecule has 2 amide bonds. The molecular weight excluding hydrogens is 292 g/mol. The Kier molecular flexibility index (Phi) is 3.86. The fourth-order valence-corrected chi connectivity index (χ4v) is 3.79. The van der Waals surface area contributed by atoms with Crippen molar-refractivity contribution in [2.45, 2.75) is 31.3 Å². The van der Waals surface area contributed by atoms with E-state index >= 15 is 0 Å². The molecule has 0 radical (unpaired) electrons. The molecule has 6 nitrogen and oxygen atoms in total. The van der Waals surface area contributed by atoms with Gasteiger partial charge >= 0.3 is 12.0 Å². The number of rotatable bonds is 4. The zero-order chi connectivity index (χ0) is 15.0. The van der Waals surface area contributed by atoms with Crippen molar-refractivity contribution >= 4 is 23.3 Å². The highest BCUT2D eigenvalue weighted by molar-refractivity contribution is 7.10. The highest BCUT2D eigenvalue weighted by Gasteiger charge is 2.41. The minimum Gasteiger partial charge on any atom is -0.479 e. The van der Waals surface area contributed by atoms with Crippen molar-refractivity contribution in [1.82, 2.24) is 9.80 Å². The van der Waals surface area contributed by atoms with E-state index in [1.807, 2.05) is 5.38 Å². The fraction of sp³-hybridized carbons (Fsp3) is 0.571. The summed E-state index contributed by atoms with van der Waals surface area (Å²) in [4.78, 5) is 28.4. The lowest BCUT2D eigenvalue weighted by Gasteiger charge is -2.37. The van der Waals surface area contributed by atoms with E-state index in [1.54, 1.807) is 22.3 Å². The molecule has 2 N–H and O–H groups in total. The first-order chi connectivity index (χ1) is 10.1. The molecular formula is C14H18N2O4S. The summed E-state index contributed by atoms with van der Waals surface area (Å²) in [6.07, 6.45) is 2.56. The number of carboxylic acids is 1. The minimum absolute atomic E-state index is 0.0997. The van der Waals surface area contributed by atoms with Crippen LogP contribution >= 0.6 is 11.3 Å². The summed E-state index contributed by atoms with van der Waals surface area (Å²) in [5.41, 5.74) is 0.729. The molecule has 1 unspecified atom stereocenters. The summed E-state index contributed by atoms with van der Waals surface area (Å²) in [5.74, 6) is -0.998. The van der Waals surface area contributed by atoms with Crippen molar-refractivity contribution in [1.29, 1.82) is 0 Å². The lowest BCUT2D eigenvalue weighted by Crippen LogP contribution is -2.50. The average molecular weight is 310 g/mol. The van der Waals surface area contributed by atoms with E-state index < -0.39 is 12.0 Å². The smallest absolute Gasteiger partial charge is 0.331 e. The van der Waals surface area contributed by atoms with Gasteiger partial charge in [-0.2, -0.15) is 0 Å². The fourth-order valence-electron chi connectivity index (χ4n) is 2.88. The van der Waals surface area contributed by atoms with Gasteiger partial charge in [0.2, 0.25) is 0 Å². The van der Waals surface area contributed by atoms with Crippen LogP contribution < -0.4 is 0 Å². The molecule has 1 fully saturated rings. The molecule has 7 heteroatoms. The second kappa shape index (κ2) is 5.65. The molecule has 1 aromatic heterocycles. The van der Waals surface area contributed by atoms with Crippen LogP contribution in [0.5, 0.6) is 0 Å². The largest absolute Gasteiger partial charge is 0.479 e. The molecule has 1 aromatic rings. The lowest BCUT2D eigenvalue weighted by atomic mass is 10.0. The van der Waals surface area contributed by atoms with Gasteiger partial charge in [0.05, 0.1) is 6.61 Å². The molecule has 1 atom stereocenters. The maximum atomic E-state index is 12.7. The number of aliphatic carboxylic acids is 1. The van der Waals surface area contributed by atoms with Crippen LogP contribution in [-0.2, 0) is 11.2 Å². The van der Waals surface area contributed by atoms with Gasteiger partial charge in [-0.1, -0.05) is 0 Å². The molecule has 0 bridgehead atoms. The molecule has 114 valence electrons. The summed E-state index contributed by atoms with van der Waals surface area (Å²) in [6, 6.07) is 0.775. The Morgan fingerprint density at radius 3 is 2.81 bits per heavy atom. The van der Waals surface area contributed by atoms with Crippen molar-refractivity contribution in [2.75, 3.05) is 19.7 Å². The molecule has 0 spiro atoms. The second-order valence-electron chi connectivity index (χ2n) is 5.41. The van der Waals surface area contributed by atoms with Crippen LogP contribution in [0.2, 0.25) is 0 Å². The molecule has 1 aliphatic heterocycles. The Labute approximate surface area is 126 Å². The first-order valence-corrected chi connectivity index (χ1v) is 7.98. The molecule has 0 saturated heterocycles. The first-order valence-electron chi connectivity index (χ1n) is 7.10. The molecule has 2 aliphatic rings. The Balaban J connectivity index is 1.86. The highest BCUT2D eigenvalue weighted by Crippen LogP contribution is 2.36. The van der Waals surface area contributed by atoms with Crippen molar-refractivity contribution < 1.29 is 19.8 Å². The molecule has 3 rings (SSSR count). The summed E-state index contributed by atoms with van der Waals surface area (Å²) in [5, 5.41) is 20.5. The second-order valence-corrected chi connectivity index (χ2v) is 6.41. The maximum absolute atomic E-state index is 12.7. The number of urea groups is 1. The van der Waals surface area contributed by atoms with Crippen LogP contribution in [-0.4, -0.2) is 57.8 Å². The average Bonchev–Trinajstić information content (AvgIpc) is 3.19. The van der Waals surface area contributed by atoms with E-state index in [2.05, 4.69) is 0 Å². The van der Waals surface area contributed by atoms with Gasteiger partial charge in [-0.05, 0) is 36.3 Å². The normalized spacial score (nSPS) is 21.0. The lowest BCUT2D eigenvalue weighted by molar-refractivity contribution is -0.143. The van der Waals surface area contributed by atoms with Crippen molar-refractivity contribution in [3.05, 3.63) is 21.9 Å². The monoisotopic (exact) mass is 310 g/mol. The van der Waals surface area contributed by atoms with Crippen molar-refractivity contribution in [3.8, 4) is 0 Å².